The minimum absolute atomic E-state index is 0.0302. The Labute approximate surface area is 133 Å². The van der Waals surface area contributed by atoms with E-state index in [9.17, 15) is 24.9 Å². The largest absolute Gasteiger partial charge is 0.508 e. The molecule has 2 aromatic carbocycles. The molecule has 0 aromatic heterocycles. The monoisotopic (exact) mass is 315 g/mol. The lowest BCUT2D eigenvalue weighted by atomic mass is 10.0. The predicted molar refractivity (Wildman–Crippen MR) is 84.5 cm³/mol. The van der Waals surface area contributed by atoms with Gasteiger partial charge in [0, 0.05) is 19.0 Å². The molecule has 0 spiro atoms. The molecule has 0 fully saturated rings. The van der Waals surface area contributed by atoms with E-state index in [2.05, 4.69) is 0 Å². The summed E-state index contributed by atoms with van der Waals surface area (Å²) in [6.45, 7) is 1.29. The molecule has 23 heavy (non-hydrogen) atoms. The quantitative estimate of drug-likeness (QED) is 0.785. The first kappa shape index (κ1) is 16.4. The standard InChI is InChI=1S/C17H17NO5/c1-11(19)18(13-4-8-15(21)9-5-13)16(17(22)23)10-12-2-6-14(20)7-3-12/h2-9,16,20-21H,10H2,1H3,(H,22,23). The van der Waals surface area contributed by atoms with Crippen LogP contribution in [-0.2, 0) is 16.0 Å². The molecule has 120 valence electrons. The average molecular weight is 315 g/mol. The maximum atomic E-state index is 12.0. The number of aliphatic carboxylic acids is 1. The zero-order valence-corrected chi connectivity index (χ0v) is 12.5. The van der Waals surface area contributed by atoms with Gasteiger partial charge in [-0.1, -0.05) is 12.1 Å². The molecule has 2 aromatic rings. The molecule has 6 nitrogen and oxygen atoms in total. The number of anilines is 1. The lowest BCUT2D eigenvalue weighted by Crippen LogP contribution is -2.45. The van der Waals surface area contributed by atoms with Crippen LogP contribution in [0, 0.1) is 0 Å². The van der Waals surface area contributed by atoms with Crippen LogP contribution >= 0.6 is 0 Å². The van der Waals surface area contributed by atoms with E-state index in [-0.39, 0.29) is 17.9 Å². The fourth-order valence-corrected chi connectivity index (χ4v) is 2.34. The van der Waals surface area contributed by atoms with E-state index in [1.807, 2.05) is 0 Å². The smallest absolute Gasteiger partial charge is 0.327 e. The molecular weight excluding hydrogens is 298 g/mol. The van der Waals surface area contributed by atoms with Gasteiger partial charge in [0.15, 0.2) is 0 Å². The van der Waals surface area contributed by atoms with Crippen molar-refractivity contribution >= 4 is 17.6 Å². The van der Waals surface area contributed by atoms with Crippen LogP contribution in [0.1, 0.15) is 12.5 Å². The summed E-state index contributed by atoms with van der Waals surface area (Å²) in [5.41, 5.74) is 1.07. The third-order valence-electron chi connectivity index (χ3n) is 3.43. The lowest BCUT2D eigenvalue weighted by Gasteiger charge is -2.28. The van der Waals surface area contributed by atoms with Crippen molar-refractivity contribution in [3.8, 4) is 11.5 Å². The van der Waals surface area contributed by atoms with Gasteiger partial charge in [-0.05, 0) is 42.0 Å². The molecule has 6 heteroatoms. The summed E-state index contributed by atoms with van der Waals surface area (Å²) < 4.78 is 0. The van der Waals surface area contributed by atoms with Crippen LogP contribution in [0.15, 0.2) is 48.5 Å². The fraction of sp³-hybridized carbons (Fsp3) is 0.176. The van der Waals surface area contributed by atoms with Crippen molar-refractivity contribution in [3.05, 3.63) is 54.1 Å². The Morgan fingerprint density at radius 3 is 1.87 bits per heavy atom. The molecule has 0 aliphatic rings. The Kier molecular flexibility index (Phi) is 4.85. The van der Waals surface area contributed by atoms with Gasteiger partial charge < -0.3 is 15.3 Å². The summed E-state index contributed by atoms with van der Waals surface area (Å²) in [5, 5.41) is 28.2. The number of carbonyl (C=O) groups excluding carboxylic acids is 1. The third kappa shape index (κ3) is 4.00. The number of phenolic OH excluding ortho intramolecular Hbond substituents is 2. The number of amides is 1. The zero-order valence-electron chi connectivity index (χ0n) is 12.5. The molecule has 1 atom stereocenters. The van der Waals surface area contributed by atoms with Gasteiger partial charge in [-0.3, -0.25) is 9.69 Å². The SMILES string of the molecule is CC(=O)N(c1ccc(O)cc1)C(Cc1ccc(O)cc1)C(=O)O. The van der Waals surface area contributed by atoms with Crippen LogP contribution in [0.2, 0.25) is 0 Å². The van der Waals surface area contributed by atoms with Crippen molar-refractivity contribution in [2.75, 3.05) is 4.90 Å². The van der Waals surface area contributed by atoms with Gasteiger partial charge >= 0.3 is 5.97 Å². The summed E-state index contributed by atoms with van der Waals surface area (Å²) in [6, 6.07) is 10.8. The molecule has 1 unspecified atom stereocenters. The normalized spacial score (nSPS) is 11.7. The van der Waals surface area contributed by atoms with Gasteiger partial charge in [0.25, 0.3) is 0 Å². The summed E-state index contributed by atoms with van der Waals surface area (Å²) in [5.74, 6) is -1.44. The van der Waals surface area contributed by atoms with Crippen molar-refractivity contribution in [1.82, 2.24) is 0 Å². The van der Waals surface area contributed by atoms with E-state index < -0.39 is 17.9 Å². The minimum Gasteiger partial charge on any atom is -0.508 e. The molecule has 0 radical (unpaired) electrons. The van der Waals surface area contributed by atoms with E-state index in [0.29, 0.717) is 11.3 Å². The van der Waals surface area contributed by atoms with Crippen molar-refractivity contribution in [2.24, 2.45) is 0 Å². The van der Waals surface area contributed by atoms with Crippen molar-refractivity contribution in [3.63, 3.8) is 0 Å². The van der Waals surface area contributed by atoms with E-state index in [0.717, 1.165) is 0 Å². The highest BCUT2D eigenvalue weighted by molar-refractivity contribution is 5.98. The number of hydrogen-bond donors (Lipinski definition) is 3. The molecular formula is C17H17NO5. The van der Waals surface area contributed by atoms with Gasteiger partial charge in [-0.25, -0.2) is 4.79 Å². The van der Waals surface area contributed by atoms with Gasteiger partial charge in [0.2, 0.25) is 5.91 Å². The summed E-state index contributed by atoms with van der Waals surface area (Å²) in [7, 11) is 0. The van der Waals surface area contributed by atoms with Crippen molar-refractivity contribution in [2.45, 2.75) is 19.4 Å². The van der Waals surface area contributed by atoms with Crippen LogP contribution in [0.3, 0.4) is 0 Å². The van der Waals surface area contributed by atoms with Crippen LogP contribution in [0.5, 0.6) is 11.5 Å². The van der Waals surface area contributed by atoms with Crippen molar-refractivity contribution in [1.29, 1.82) is 0 Å². The summed E-state index contributed by atoms with van der Waals surface area (Å²) >= 11 is 0. The number of nitrogens with zero attached hydrogens (tertiary/aromatic N) is 1. The van der Waals surface area contributed by atoms with E-state index >= 15 is 0 Å². The highest BCUT2D eigenvalue weighted by Crippen LogP contribution is 2.23. The fourth-order valence-electron chi connectivity index (χ4n) is 2.34. The molecule has 2 rings (SSSR count). The molecule has 0 saturated heterocycles. The molecule has 0 bridgehead atoms. The number of carbonyl (C=O) groups is 2. The topological polar surface area (TPSA) is 98.1 Å². The number of aromatic hydroxyl groups is 2. The highest BCUT2D eigenvalue weighted by Gasteiger charge is 2.29. The number of phenols is 2. The van der Waals surface area contributed by atoms with E-state index in [4.69, 9.17) is 0 Å². The first-order valence-electron chi connectivity index (χ1n) is 6.98. The second kappa shape index (κ2) is 6.83. The zero-order chi connectivity index (χ0) is 17.0. The Morgan fingerprint density at radius 1 is 0.957 bits per heavy atom. The van der Waals surface area contributed by atoms with Crippen molar-refractivity contribution < 1.29 is 24.9 Å². The van der Waals surface area contributed by atoms with Gasteiger partial charge in [-0.15, -0.1) is 0 Å². The first-order chi connectivity index (χ1) is 10.9. The second-order valence-electron chi connectivity index (χ2n) is 5.13. The van der Waals surface area contributed by atoms with Gasteiger partial charge in [0.05, 0.1) is 0 Å². The second-order valence-corrected chi connectivity index (χ2v) is 5.13. The number of hydrogen-bond acceptors (Lipinski definition) is 4. The van der Waals surface area contributed by atoms with Crippen LogP contribution in [-0.4, -0.2) is 33.2 Å². The van der Waals surface area contributed by atoms with Crippen LogP contribution < -0.4 is 4.90 Å². The minimum atomic E-state index is -1.14. The highest BCUT2D eigenvalue weighted by atomic mass is 16.4. The molecule has 3 N–H and O–H groups in total. The number of carboxylic acid groups (broad SMARTS) is 1. The Balaban J connectivity index is 2.35. The lowest BCUT2D eigenvalue weighted by molar-refractivity contribution is -0.140. The maximum absolute atomic E-state index is 12.0. The van der Waals surface area contributed by atoms with Crippen LogP contribution in [0.4, 0.5) is 5.69 Å². The van der Waals surface area contributed by atoms with Crippen LogP contribution in [0.25, 0.3) is 0 Å². The molecule has 0 heterocycles. The predicted octanol–water partition coefficient (Wildman–Crippen LogP) is 2.15. The average Bonchev–Trinajstić information content (AvgIpc) is 2.50. The molecule has 0 aliphatic carbocycles. The summed E-state index contributed by atoms with van der Waals surface area (Å²) in [4.78, 5) is 24.8. The van der Waals surface area contributed by atoms with Gasteiger partial charge in [-0.2, -0.15) is 0 Å². The number of carboxylic acids is 1. The number of rotatable bonds is 5. The first-order valence-corrected chi connectivity index (χ1v) is 6.98. The number of benzene rings is 2. The van der Waals surface area contributed by atoms with E-state index in [1.54, 1.807) is 12.1 Å². The molecule has 0 aliphatic heterocycles. The summed E-state index contributed by atoms with van der Waals surface area (Å²) in [6.07, 6.45) is 0.0933. The van der Waals surface area contributed by atoms with E-state index in [1.165, 1.54) is 48.2 Å². The third-order valence-corrected chi connectivity index (χ3v) is 3.43. The Hall–Kier alpha value is -3.02. The molecule has 0 saturated carbocycles. The Morgan fingerprint density at radius 2 is 1.43 bits per heavy atom. The maximum Gasteiger partial charge on any atom is 0.327 e. The molecule has 1 amide bonds. The Bertz CT molecular complexity index is 694. The van der Waals surface area contributed by atoms with Gasteiger partial charge in [0.1, 0.15) is 17.5 Å².